The van der Waals surface area contributed by atoms with Crippen molar-refractivity contribution in [3.8, 4) is 0 Å². The monoisotopic (exact) mass is 301 g/mol. The molecule has 0 aromatic heterocycles. The van der Waals surface area contributed by atoms with Crippen LogP contribution in [0.3, 0.4) is 0 Å². The minimum absolute atomic E-state index is 0.258. The first-order chi connectivity index (χ1) is 9.67. The van der Waals surface area contributed by atoms with Crippen molar-refractivity contribution < 1.29 is 18.7 Å². The van der Waals surface area contributed by atoms with Crippen LogP contribution >= 0.6 is 11.8 Å². The van der Waals surface area contributed by atoms with Gasteiger partial charge in [-0.05, 0) is 17.7 Å². The highest BCUT2D eigenvalue weighted by Crippen LogP contribution is 2.23. The van der Waals surface area contributed by atoms with Gasteiger partial charge in [0, 0.05) is 30.8 Å². The molecule has 0 saturated heterocycles. The summed E-state index contributed by atoms with van der Waals surface area (Å²) in [5.41, 5.74) is 0.885. The molecule has 0 bridgehead atoms. The molecule has 1 rings (SSSR count). The molecule has 0 aliphatic rings. The summed E-state index contributed by atoms with van der Waals surface area (Å²) in [6.45, 7) is 1.96. The van der Waals surface area contributed by atoms with Crippen LogP contribution in [0.15, 0.2) is 23.1 Å². The minimum Gasteiger partial charge on any atom is -0.469 e. The Morgan fingerprint density at radius 2 is 2.20 bits per heavy atom. The highest BCUT2D eigenvalue weighted by atomic mass is 32.2. The Bertz CT molecular complexity index is 429. The van der Waals surface area contributed by atoms with Gasteiger partial charge in [0.2, 0.25) is 0 Å². The lowest BCUT2D eigenvalue weighted by Crippen LogP contribution is -2.18. The van der Waals surface area contributed by atoms with Gasteiger partial charge in [0.25, 0.3) is 0 Å². The van der Waals surface area contributed by atoms with Crippen LogP contribution < -0.4 is 5.32 Å². The lowest BCUT2D eigenvalue weighted by atomic mass is 10.2. The van der Waals surface area contributed by atoms with Crippen molar-refractivity contribution in [2.45, 2.75) is 17.9 Å². The molecule has 0 aliphatic carbocycles. The Balaban J connectivity index is 2.40. The first kappa shape index (κ1) is 16.9. The summed E-state index contributed by atoms with van der Waals surface area (Å²) in [6.07, 6.45) is 0.279. The third kappa shape index (κ3) is 6.36. The fourth-order valence-corrected chi connectivity index (χ4v) is 2.37. The van der Waals surface area contributed by atoms with E-state index in [1.807, 2.05) is 6.07 Å². The molecule has 112 valence electrons. The van der Waals surface area contributed by atoms with E-state index in [0.29, 0.717) is 23.8 Å². The van der Waals surface area contributed by atoms with E-state index < -0.39 is 0 Å². The van der Waals surface area contributed by atoms with Gasteiger partial charge in [0.1, 0.15) is 5.82 Å². The van der Waals surface area contributed by atoms with Gasteiger partial charge in [-0.2, -0.15) is 0 Å². The van der Waals surface area contributed by atoms with Gasteiger partial charge in [-0.15, -0.1) is 11.8 Å². The zero-order valence-electron chi connectivity index (χ0n) is 11.8. The van der Waals surface area contributed by atoms with Crippen LogP contribution in [0.25, 0.3) is 0 Å². The number of nitrogens with one attached hydrogen (secondary N) is 1. The zero-order valence-corrected chi connectivity index (χ0v) is 12.6. The number of thioether (sulfide) groups is 1. The maximum absolute atomic E-state index is 13.8. The predicted octanol–water partition coefficient (Wildman–Crippen LogP) is 2.22. The van der Waals surface area contributed by atoms with Gasteiger partial charge in [0.05, 0.1) is 20.1 Å². The first-order valence-electron chi connectivity index (χ1n) is 6.35. The molecule has 1 aromatic carbocycles. The van der Waals surface area contributed by atoms with E-state index in [1.165, 1.54) is 24.9 Å². The van der Waals surface area contributed by atoms with Gasteiger partial charge in [0.15, 0.2) is 0 Å². The minimum atomic E-state index is -0.281. The second kappa shape index (κ2) is 9.74. The lowest BCUT2D eigenvalue weighted by molar-refractivity contribution is -0.140. The number of esters is 1. The Morgan fingerprint density at radius 1 is 1.40 bits per heavy atom. The second-order valence-electron chi connectivity index (χ2n) is 4.11. The molecular weight excluding hydrogens is 281 g/mol. The van der Waals surface area contributed by atoms with Crippen LogP contribution in [-0.4, -0.2) is 39.1 Å². The van der Waals surface area contributed by atoms with Crippen LogP contribution in [-0.2, 0) is 20.8 Å². The van der Waals surface area contributed by atoms with Crippen molar-refractivity contribution in [2.75, 3.05) is 33.1 Å². The molecule has 20 heavy (non-hydrogen) atoms. The maximum atomic E-state index is 13.8. The summed E-state index contributed by atoms with van der Waals surface area (Å²) in [5, 5.41) is 3.16. The van der Waals surface area contributed by atoms with Crippen molar-refractivity contribution >= 4 is 17.7 Å². The summed E-state index contributed by atoms with van der Waals surface area (Å²) in [6, 6.07) is 5.13. The molecule has 0 atom stereocenters. The quantitative estimate of drug-likeness (QED) is 0.430. The van der Waals surface area contributed by atoms with Crippen molar-refractivity contribution in [2.24, 2.45) is 0 Å². The third-order valence-electron chi connectivity index (χ3n) is 2.60. The Kier molecular flexibility index (Phi) is 8.25. The molecule has 0 amide bonds. The molecule has 1 aromatic rings. The molecule has 0 saturated carbocycles. The van der Waals surface area contributed by atoms with Crippen molar-refractivity contribution in [1.29, 1.82) is 0 Å². The average Bonchev–Trinajstić information content (AvgIpc) is 2.45. The molecule has 6 heteroatoms. The summed E-state index contributed by atoms with van der Waals surface area (Å²) in [7, 11) is 2.99. The van der Waals surface area contributed by atoms with E-state index in [1.54, 1.807) is 13.2 Å². The summed E-state index contributed by atoms with van der Waals surface area (Å²) in [4.78, 5) is 11.5. The smallest absolute Gasteiger partial charge is 0.306 e. The SMILES string of the molecule is COCCNCc1ccc(SCCC(=O)OC)c(F)c1. The van der Waals surface area contributed by atoms with Gasteiger partial charge >= 0.3 is 5.97 Å². The summed E-state index contributed by atoms with van der Waals surface area (Å²) >= 11 is 1.32. The van der Waals surface area contributed by atoms with Crippen molar-refractivity contribution in [3.05, 3.63) is 29.6 Å². The normalized spacial score (nSPS) is 10.6. The third-order valence-corrected chi connectivity index (χ3v) is 3.65. The average molecular weight is 301 g/mol. The van der Waals surface area contributed by atoms with Gasteiger partial charge in [-0.1, -0.05) is 6.07 Å². The van der Waals surface area contributed by atoms with E-state index in [0.717, 1.165) is 12.1 Å². The van der Waals surface area contributed by atoms with Crippen molar-refractivity contribution in [1.82, 2.24) is 5.32 Å². The number of ether oxygens (including phenoxy) is 2. The number of carbonyl (C=O) groups is 1. The molecule has 0 spiro atoms. The van der Waals surface area contributed by atoms with Crippen LogP contribution in [0.1, 0.15) is 12.0 Å². The summed E-state index contributed by atoms with van der Waals surface area (Å²) in [5.74, 6) is -0.0301. The van der Waals surface area contributed by atoms with E-state index in [-0.39, 0.29) is 18.2 Å². The number of benzene rings is 1. The zero-order chi connectivity index (χ0) is 14.8. The first-order valence-corrected chi connectivity index (χ1v) is 7.33. The van der Waals surface area contributed by atoms with E-state index >= 15 is 0 Å². The number of halogens is 1. The fraction of sp³-hybridized carbons (Fsp3) is 0.500. The lowest BCUT2D eigenvalue weighted by Gasteiger charge is -2.07. The summed E-state index contributed by atoms with van der Waals surface area (Å²) < 4.78 is 23.3. The maximum Gasteiger partial charge on any atom is 0.306 e. The van der Waals surface area contributed by atoms with Crippen LogP contribution in [0.5, 0.6) is 0 Å². The molecule has 0 aliphatic heterocycles. The Labute approximate surface area is 123 Å². The van der Waals surface area contributed by atoms with E-state index in [9.17, 15) is 9.18 Å². The topological polar surface area (TPSA) is 47.6 Å². The molecule has 4 nitrogen and oxygen atoms in total. The largest absolute Gasteiger partial charge is 0.469 e. The number of carbonyl (C=O) groups excluding carboxylic acids is 1. The van der Waals surface area contributed by atoms with Crippen LogP contribution in [0.4, 0.5) is 4.39 Å². The molecule has 0 radical (unpaired) electrons. The van der Waals surface area contributed by atoms with Gasteiger partial charge in [-0.3, -0.25) is 4.79 Å². The predicted molar refractivity (Wildman–Crippen MR) is 77.3 cm³/mol. The molecular formula is C14H20FNO3S. The molecule has 1 N–H and O–H groups in total. The highest BCUT2D eigenvalue weighted by molar-refractivity contribution is 7.99. The van der Waals surface area contributed by atoms with Crippen LogP contribution in [0.2, 0.25) is 0 Å². The fourth-order valence-electron chi connectivity index (χ4n) is 1.52. The van der Waals surface area contributed by atoms with E-state index in [4.69, 9.17) is 4.74 Å². The molecule has 0 unspecified atom stereocenters. The van der Waals surface area contributed by atoms with Crippen LogP contribution in [0, 0.1) is 5.82 Å². The molecule has 0 heterocycles. The second-order valence-corrected chi connectivity index (χ2v) is 5.25. The Hall–Kier alpha value is -1.11. The van der Waals surface area contributed by atoms with Crippen molar-refractivity contribution in [3.63, 3.8) is 0 Å². The van der Waals surface area contributed by atoms with Gasteiger partial charge < -0.3 is 14.8 Å². The molecule has 0 fully saturated rings. The number of rotatable bonds is 9. The van der Waals surface area contributed by atoms with E-state index in [2.05, 4.69) is 10.1 Å². The highest BCUT2D eigenvalue weighted by Gasteiger charge is 2.06. The number of methoxy groups -OCH3 is 2. The standard InChI is InChI=1S/C14H20FNO3S/c1-18-7-6-16-10-11-3-4-13(12(15)9-11)20-8-5-14(17)19-2/h3-4,9,16H,5-8,10H2,1-2H3. The number of hydrogen-bond donors (Lipinski definition) is 1. The number of hydrogen-bond acceptors (Lipinski definition) is 5. The van der Waals surface area contributed by atoms with Gasteiger partial charge in [-0.25, -0.2) is 4.39 Å². The Morgan fingerprint density at radius 3 is 2.85 bits per heavy atom.